The van der Waals surface area contributed by atoms with Crippen LogP contribution in [0.5, 0.6) is 5.75 Å². The first-order valence-corrected chi connectivity index (χ1v) is 4.61. The van der Waals surface area contributed by atoms with Crippen molar-refractivity contribution >= 4 is 6.16 Å². The van der Waals surface area contributed by atoms with E-state index in [9.17, 15) is 4.79 Å². The van der Waals surface area contributed by atoms with Gasteiger partial charge in [-0.3, -0.25) is 0 Å². The number of carbonyl (C=O) groups is 1. The Morgan fingerprint density at radius 3 is 2.71 bits per heavy atom. The number of ether oxygens (including phenoxy) is 2. The average Bonchev–Trinajstić information content (AvgIpc) is 2.21. The maximum absolute atomic E-state index is 10.9. The third kappa shape index (κ3) is 2.76. The molecule has 0 N–H and O–H groups in total. The highest BCUT2D eigenvalue weighted by Crippen LogP contribution is 2.19. The summed E-state index contributed by atoms with van der Waals surface area (Å²) in [6, 6.07) is 7.47. The second-order valence-electron chi connectivity index (χ2n) is 2.91. The molecule has 0 spiro atoms. The Morgan fingerprint density at radius 1 is 1.36 bits per heavy atom. The van der Waals surface area contributed by atoms with Crippen LogP contribution in [0.15, 0.2) is 24.3 Å². The fourth-order valence-corrected chi connectivity index (χ4v) is 1.21. The van der Waals surface area contributed by atoms with E-state index in [1.165, 1.54) is 7.11 Å². The molecule has 0 aliphatic heterocycles. The second-order valence-corrected chi connectivity index (χ2v) is 2.91. The zero-order valence-electron chi connectivity index (χ0n) is 8.45. The molecule has 0 atom stereocenters. The van der Waals surface area contributed by atoms with Gasteiger partial charge in [-0.05, 0) is 18.1 Å². The van der Waals surface area contributed by atoms with Crippen molar-refractivity contribution in [3.05, 3.63) is 29.8 Å². The molecule has 0 aliphatic carbocycles. The SMILES string of the molecule is CCCc1ccccc1OC(=O)OC. The first-order valence-electron chi connectivity index (χ1n) is 4.61. The van der Waals surface area contributed by atoms with Crippen LogP contribution >= 0.6 is 0 Å². The van der Waals surface area contributed by atoms with Crippen LogP contribution in [0.4, 0.5) is 4.79 Å². The Hall–Kier alpha value is -1.51. The molecule has 1 aromatic carbocycles. The molecule has 0 saturated heterocycles. The van der Waals surface area contributed by atoms with Gasteiger partial charge < -0.3 is 9.47 Å². The maximum Gasteiger partial charge on any atom is 0.513 e. The zero-order valence-corrected chi connectivity index (χ0v) is 8.45. The number of para-hydroxylation sites is 1. The molecule has 1 aromatic rings. The first kappa shape index (κ1) is 10.6. The lowest BCUT2D eigenvalue weighted by atomic mass is 10.1. The van der Waals surface area contributed by atoms with Gasteiger partial charge in [0, 0.05) is 0 Å². The molecule has 0 unspecified atom stereocenters. The highest BCUT2D eigenvalue weighted by atomic mass is 16.7. The zero-order chi connectivity index (χ0) is 10.4. The van der Waals surface area contributed by atoms with Gasteiger partial charge in [0.25, 0.3) is 0 Å². The summed E-state index contributed by atoms with van der Waals surface area (Å²) in [6.07, 6.45) is 1.24. The average molecular weight is 194 g/mol. The highest BCUT2D eigenvalue weighted by Gasteiger charge is 2.07. The van der Waals surface area contributed by atoms with E-state index < -0.39 is 6.16 Å². The molecule has 0 radical (unpaired) electrons. The molecule has 0 amide bonds. The first-order chi connectivity index (χ1) is 6.77. The van der Waals surface area contributed by atoms with Crippen molar-refractivity contribution in [1.82, 2.24) is 0 Å². The third-order valence-corrected chi connectivity index (χ3v) is 1.85. The Bertz CT molecular complexity index is 307. The number of carbonyl (C=O) groups excluding carboxylic acids is 1. The van der Waals surface area contributed by atoms with Crippen LogP contribution in [0.3, 0.4) is 0 Å². The minimum absolute atomic E-state index is 0.584. The van der Waals surface area contributed by atoms with Crippen molar-refractivity contribution in [1.29, 1.82) is 0 Å². The summed E-state index contributed by atoms with van der Waals surface area (Å²) in [6.45, 7) is 2.08. The molecule has 76 valence electrons. The van der Waals surface area contributed by atoms with Gasteiger partial charge >= 0.3 is 6.16 Å². The lowest BCUT2D eigenvalue weighted by molar-refractivity contribution is 0.121. The van der Waals surface area contributed by atoms with Gasteiger partial charge in [-0.1, -0.05) is 31.5 Å². The quantitative estimate of drug-likeness (QED) is 0.548. The molecule has 0 fully saturated rings. The molecule has 0 aromatic heterocycles. The molecule has 0 aliphatic rings. The minimum Gasteiger partial charge on any atom is -0.437 e. The van der Waals surface area contributed by atoms with E-state index in [0.29, 0.717) is 5.75 Å². The van der Waals surface area contributed by atoms with Crippen LogP contribution in [-0.2, 0) is 11.2 Å². The molecule has 1 rings (SSSR count). The Balaban J connectivity index is 2.78. The summed E-state index contributed by atoms with van der Waals surface area (Å²) in [7, 11) is 1.30. The van der Waals surface area contributed by atoms with E-state index in [-0.39, 0.29) is 0 Å². The lowest BCUT2D eigenvalue weighted by Gasteiger charge is -2.07. The van der Waals surface area contributed by atoms with Crippen LogP contribution in [0.25, 0.3) is 0 Å². The van der Waals surface area contributed by atoms with Crippen molar-refractivity contribution in [2.45, 2.75) is 19.8 Å². The van der Waals surface area contributed by atoms with Crippen LogP contribution in [0.2, 0.25) is 0 Å². The maximum atomic E-state index is 10.9. The van der Waals surface area contributed by atoms with Gasteiger partial charge in [0.2, 0.25) is 0 Å². The number of hydrogen-bond acceptors (Lipinski definition) is 3. The van der Waals surface area contributed by atoms with E-state index >= 15 is 0 Å². The van der Waals surface area contributed by atoms with E-state index in [0.717, 1.165) is 18.4 Å². The van der Waals surface area contributed by atoms with Crippen molar-refractivity contribution in [2.75, 3.05) is 7.11 Å². The van der Waals surface area contributed by atoms with Gasteiger partial charge in [-0.2, -0.15) is 0 Å². The van der Waals surface area contributed by atoms with Gasteiger partial charge in [0.05, 0.1) is 7.11 Å². The summed E-state index contributed by atoms with van der Waals surface area (Å²) in [5.74, 6) is 0.584. The van der Waals surface area contributed by atoms with Gasteiger partial charge in [0.15, 0.2) is 0 Å². The molecule has 0 saturated carbocycles. The summed E-state index contributed by atoms with van der Waals surface area (Å²) in [4.78, 5) is 10.9. The third-order valence-electron chi connectivity index (χ3n) is 1.85. The standard InChI is InChI=1S/C11H14O3/c1-3-6-9-7-4-5-8-10(9)14-11(12)13-2/h4-5,7-8H,3,6H2,1-2H3. The molecule has 3 heteroatoms. The number of benzene rings is 1. The second kappa shape index (κ2) is 5.27. The summed E-state index contributed by atoms with van der Waals surface area (Å²) in [5.41, 5.74) is 1.03. The van der Waals surface area contributed by atoms with E-state index in [1.807, 2.05) is 18.2 Å². The largest absolute Gasteiger partial charge is 0.513 e. The summed E-state index contributed by atoms with van der Waals surface area (Å²) in [5, 5.41) is 0. The molecular formula is C11H14O3. The topological polar surface area (TPSA) is 35.5 Å². The summed E-state index contributed by atoms with van der Waals surface area (Å²) < 4.78 is 9.41. The van der Waals surface area contributed by atoms with Gasteiger partial charge in [0.1, 0.15) is 5.75 Å². The van der Waals surface area contributed by atoms with Gasteiger partial charge in [-0.15, -0.1) is 0 Å². The Labute approximate surface area is 83.6 Å². The normalized spacial score (nSPS) is 9.57. The lowest BCUT2D eigenvalue weighted by Crippen LogP contribution is -2.08. The fourth-order valence-electron chi connectivity index (χ4n) is 1.21. The minimum atomic E-state index is -0.673. The number of rotatable bonds is 3. The molecule has 0 heterocycles. The molecule has 0 bridgehead atoms. The molecule has 3 nitrogen and oxygen atoms in total. The van der Waals surface area contributed by atoms with Crippen molar-refractivity contribution in [2.24, 2.45) is 0 Å². The van der Waals surface area contributed by atoms with Gasteiger partial charge in [-0.25, -0.2) is 4.79 Å². The predicted molar refractivity (Wildman–Crippen MR) is 53.5 cm³/mol. The monoisotopic (exact) mass is 194 g/mol. The van der Waals surface area contributed by atoms with Crippen molar-refractivity contribution < 1.29 is 14.3 Å². The fraction of sp³-hybridized carbons (Fsp3) is 0.364. The summed E-state index contributed by atoms with van der Waals surface area (Å²) >= 11 is 0. The molecule has 14 heavy (non-hydrogen) atoms. The Kier molecular flexibility index (Phi) is 3.98. The van der Waals surface area contributed by atoms with E-state index in [4.69, 9.17) is 4.74 Å². The van der Waals surface area contributed by atoms with E-state index in [1.54, 1.807) is 6.07 Å². The number of methoxy groups -OCH3 is 1. The van der Waals surface area contributed by atoms with E-state index in [2.05, 4.69) is 11.7 Å². The Morgan fingerprint density at radius 2 is 2.07 bits per heavy atom. The highest BCUT2D eigenvalue weighted by molar-refractivity contribution is 5.64. The predicted octanol–water partition coefficient (Wildman–Crippen LogP) is 2.78. The molecular weight excluding hydrogens is 180 g/mol. The van der Waals surface area contributed by atoms with Crippen molar-refractivity contribution in [3.8, 4) is 5.75 Å². The van der Waals surface area contributed by atoms with Crippen LogP contribution in [-0.4, -0.2) is 13.3 Å². The number of aryl methyl sites for hydroxylation is 1. The van der Waals surface area contributed by atoms with Crippen LogP contribution in [0.1, 0.15) is 18.9 Å². The number of hydrogen-bond donors (Lipinski definition) is 0. The smallest absolute Gasteiger partial charge is 0.437 e. The van der Waals surface area contributed by atoms with Crippen LogP contribution < -0.4 is 4.74 Å². The van der Waals surface area contributed by atoms with Crippen molar-refractivity contribution in [3.63, 3.8) is 0 Å². The van der Waals surface area contributed by atoms with Crippen LogP contribution in [0, 0.1) is 0 Å².